The summed E-state index contributed by atoms with van der Waals surface area (Å²) in [6.07, 6.45) is 4.57. The van der Waals surface area contributed by atoms with Crippen molar-refractivity contribution >= 4 is 23.0 Å². The predicted octanol–water partition coefficient (Wildman–Crippen LogP) is 7.21. The molecule has 10 nitrogen and oxygen atoms in total. The average molecular weight is 680 g/mol. The summed E-state index contributed by atoms with van der Waals surface area (Å²) >= 11 is 0. The Hall–Kier alpha value is -5.10. The summed E-state index contributed by atoms with van der Waals surface area (Å²) in [5.74, 6) is -2.09. The number of imidazole rings is 2. The molecular formula is C38H39F2N7O3. The number of benzene rings is 3. The topological polar surface area (TPSA) is 128 Å². The molecule has 8 rings (SSSR count). The number of amides is 2. The number of alkyl carbamates (subject to hydrolysis) is 1. The molecular weight excluding hydrogens is 640 g/mol. The molecule has 2 aromatic heterocycles. The Kier molecular flexibility index (Phi) is 7.93. The standard InChI is InChI=1S/C38H39F2N7O3/c1-20(2)33(46-37(49)50-3)36(48)47-15-5-7-32(47)35-42-19-31(45-35)23-9-12-25-24-11-8-21(16-26(24)38(39,40)27(25)17-23)22-10-13-28-30(18-22)44-34(43-28)29-6-4-14-41-29/h8-13,16-20,29,32-33,41H,4-7,14-15H2,1-3H3,(H,42,45)(H,43,44)(H,46,49)/t29-,32-,33?/m0/s1. The molecule has 50 heavy (non-hydrogen) atoms. The first-order valence-electron chi connectivity index (χ1n) is 17.2. The highest BCUT2D eigenvalue weighted by Crippen LogP contribution is 2.52. The molecule has 5 aromatic rings. The van der Waals surface area contributed by atoms with Gasteiger partial charge in [-0.3, -0.25) is 4.79 Å². The first kappa shape index (κ1) is 32.1. The van der Waals surface area contributed by atoms with E-state index in [1.807, 2.05) is 44.2 Å². The second-order valence-electron chi connectivity index (χ2n) is 13.8. The van der Waals surface area contributed by atoms with E-state index in [4.69, 9.17) is 9.72 Å². The minimum Gasteiger partial charge on any atom is -0.453 e. The Morgan fingerprint density at radius 3 is 2.38 bits per heavy atom. The van der Waals surface area contributed by atoms with Gasteiger partial charge in [0.2, 0.25) is 5.91 Å². The van der Waals surface area contributed by atoms with Gasteiger partial charge in [-0.25, -0.2) is 14.8 Å². The SMILES string of the molecule is COC(=O)NC(C(=O)N1CCC[C@H]1c1ncc(-c2ccc3c(c2)C(F)(F)c2cc(-c4ccc5nc([C@@H]6CCCN6)[nH]c5c4)ccc2-3)[nH]1)C(C)C. The van der Waals surface area contributed by atoms with Crippen molar-refractivity contribution in [1.29, 1.82) is 0 Å². The lowest BCUT2D eigenvalue weighted by Crippen LogP contribution is -2.51. The second-order valence-corrected chi connectivity index (χ2v) is 13.8. The van der Waals surface area contributed by atoms with Crippen molar-refractivity contribution in [3.05, 3.63) is 83.6 Å². The first-order valence-corrected chi connectivity index (χ1v) is 17.2. The number of ether oxygens (including phenoxy) is 1. The van der Waals surface area contributed by atoms with Crippen LogP contribution in [-0.2, 0) is 15.5 Å². The number of methoxy groups -OCH3 is 1. The van der Waals surface area contributed by atoms with Crippen molar-refractivity contribution in [3.63, 3.8) is 0 Å². The molecule has 3 aromatic carbocycles. The predicted molar refractivity (Wildman–Crippen MR) is 185 cm³/mol. The van der Waals surface area contributed by atoms with E-state index in [0.29, 0.717) is 46.7 Å². The molecule has 2 aliphatic heterocycles. The zero-order valence-corrected chi connectivity index (χ0v) is 28.1. The normalized spacial score (nSPS) is 19.9. The number of aromatic nitrogens is 4. The van der Waals surface area contributed by atoms with Crippen LogP contribution >= 0.6 is 0 Å². The Balaban J connectivity index is 1.05. The molecule has 0 saturated carbocycles. The molecule has 2 fully saturated rings. The molecule has 4 N–H and O–H groups in total. The van der Waals surface area contributed by atoms with Gasteiger partial charge in [-0.2, -0.15) is 8.78 Å². The molecule has 2 saturated heterocycles. The fourth-order valence-electron chi connectivity index (χ4n) is 7.71. The van der Waals surface area contributed by atoms with E-state index >= 15 is 8.78 Å². The van der Waals surface area contributed by atoms with Crippen LogP contribution in [-0.4, -0.2) is 63.1 Å². The summed E-state index contributed by atoms with van der Waals surface area (Å²) in [5, 5.41) is 6.12. The van der Waals surface area contributed by atoms with Crippen LogP contribution in [0.15, 0.2) is 60.8 Å². The summed E-state index contributed by atoms with van der Waals surface area (Å²) in [6, 6.07) is 15.4. The van der Waals surface area contributed by atoms with Gasteiger partial charge in [0, 0.05) is 23.2 Å². The zero-order chi connectivity index (χ0) is 34.7. The molecule has 3 aliphatic rings. The molecule has 0 spiro atoms. The molecule has 1 aliphatic carbocycles. The fraction of sp³-hybridized carbons (Fsp3) is 0.368. The third kappa shape index (κ3) is 5.42. The Bertz CT molecular complexity index is 2120. The van der Waals surface area contributed by atoms with Gasteiger partial charge in [-0.15, -0.1) is 0 Å². The van der Waals surface area contributed by atoms with Crippen LogP contribution in [0.2, 0.25) is 0 Å². The highest BCUT2D eigenvalue weighted by Gasteiger charge is 2.45. The summed E-state index contributed by atoms with van der Waals surface area (Å²) < 4.78 is 37.3. The minimum atomic E-state index is -3.20. The number of nitrogens with zero attached hydrogens (tertiary/aromatic N) is 3. The van der Waals surface area contributed by atoms with Gasteiger partial charge in [0.15, 0.2) is 0 Å². The lowest BCUT2D eigenvalue weighted by atomic mass is 9.98. The number of carbonyl (C=O) groups is 2. The number of rotatable bonds is 7. The van der Waals surface area contributed by atoms with E-state index in [9.17, 15) is 9.59 Å². The summed E-state index contributed by atoms with van der Waals surface area (Å²) in [5.41, 5.74) is 5.40. The fourth-order valence-corrected chi connectivity index (χ4v) is 7.71. The summed E-state index contributed by atoms with van der Waals surface area (Å²) in [7, 11) is 1.26. The molecule has 0 radical (unpaired) electrons. The monoisotopic (exact) mass is 679 g/mol. The number of alkyl halides is 2. The quantitative estimate of drug-likeness (QED) is 0.144. The van der Waals surface area contributed by atoms with Crippen molar-refractivity contribution in [1.82, 2.24) is 35.5 Å². The van der Waals surface area contributed by atoms with Crippen LogP contribution in [0.5, 0.6) is 0 Å². The number of hydrogen-bond donors (Lipinski definition) is 4. The summed E-state index contributed by atoms with van der Waals surface area (Å²) in [4.78, 5) is 43.3. The molecule has 1 unspecified atom stereocenters. The van der Waals surface area contributed by atoms with E-state index in [0.717, 1.165) is 48.2 Å². The zero-order valence-electron chi connectivity index (χ0n) is 28.1. The van der Waals surface area contributed by atoms with Gasteiger partial charge in [0.1, 0.15) is 17.7 Å². The number of carbonyl (C=O) groups excluding carboxylic acids is 2. The number of hydrogen-bond acceptors (Lipinski definition) is 6. The molecule has 4 heterocycles. The second kappa shape index (κ2) is 12.3. The van der Waals surface area contributed by atoms with Gasteiger partial charge in [-0.1, -0.05) is 44.2 Å². The smallest absolute Gasteiger partial charge is 0.407 e. The largest absolute Gasteiger partial charge is 0.453 e. The molecule has 12 heteroatoms. The Morgan fingerprint density at radius 2 is 1.66 bits per heavy atom. The Morgan fingerprint density at radius 1 is 0.940 bits per heavy atom. The van der Waals surface area contributed by atoms with Crippen LogP contribution in [0, 0.1) is 5.92 Å². The average Bonchev–Trinajstić information content (AvgIpc) is 3.96. The van der Waals surface area contributed by atoms with E-state index in [2.05, 4.69) is 25.6 Å². The van der Waals surface area contributed by atoms with Crippen LogP contribution in [0.3, 0.4) is 0 Å². The van der Waals surface area contributed by atoms with E-state index < -0.39 is 18.1 Å². The van der Waals surface area contributed by atoms with Crippen LogP contribution in [0.4, 0.5) is 13.6 Å². The van der Waals surface area contributed by atoms with E-state index in [-0.39, 0.29) is 35.0 Å². The minimum absolute atomic E-state index is 0.0200. The maximum Gasteiger partial charge on any atom is 0.407 e. The van der Waals surface area contributed by atoms with Gasteiger partial charge >= 0.3 is 6.09 Å². The number of aromatic amines is 2. The Labute approximate surface area is 288 Å². The van der Waals surface area contributed by atoms with Crippen molar-refractivity contribution in [2.45, 2.75) is 63.6 Å². The molecule has 258 valence electrons. The van der Waals surface area contributed by atoms with E-state index in [1.54, 1.807) is 29.3 Å². The summed E-state index contributed by atoms with van der Waals surface area (Å²) in [6.45, 7) is 5.22. The molecule has 0 bridgehead atoms. The molecule has 3 atom stereocenters. The van der Waals surface area contributed by atoms with Crippen molar-refractivity contribution in [2.24, 2.45) is 5.92 Å². The molecule has 2 amide bonds. The first-order chi connectivity index (χ1) is 24.1. The van der Waals surface area contributed by atoms with Crippen molar-refractivity contribution in [3.8, 4) is 33.5 Å². The third-order valence-corrected chi connectivity index (χ3v) is 10.4. The van der Waals surface area contributed by atoms with E-state index in [1.165, 1.54) is 13.2 Å². The maximum absolute atomic E-state index is 16.3. The van der Waals surface area contributed by atoms with Gasteiger partial charge in [-0.05, 0) is 84.7 Å². The van der Waals surface area contributed by atoms with Crippen molar-refractivity contribution < 1.29 is 23.1 Å². The van der Waals surface area contributed by atoms with Crippen LogP contribution in [0.25, 0.3) is 44.5 Å². The van der Waals surface area contributed by atoms with Gasteiger partial charge in [0.25, 0.3) is 5.92 Å². The lowest BCUT2D eigenvalue weighted by molar-refractivity contribution is -0.135. The van der Waals surface area contributed by atoms with Crippen molar-refractivity contribution in [2.75, 3.05) is 20.2 Å². The van der Waals surface area contributed by atoms with Gasteiger partial charge in [0.05, 0.1) is 42.1 Å². The number of halogens is 2. The maximum atomic E-state index is 16.3. The lowest BCUT2D eigenvalue weighted by Gasteiger charge is -2.30. The van der Waals surface area contributed by atoms with Crippen LogP contribution < -0.4 is 10.6 Å². The third-order valence-electron chi connectivity index (χ3n) is 10.4. The van der Waals surface area contributed by atoms with Gasteiger partial charge < -0.3 is 30.2 Å². The van der Waals surface area contributed by atoms with Crippen LogP contribution in [0.1, 0.15) is 74.4 Å². The highest BCUT2D eigenvalue weighted by molar-refractivity contribution is 5.88. The number of likely N-dealkylation sites (tertiary alicyclic amines) is 1. The number of fused-ring (bicyclic) bond motifs is 4. The highest BCUT2D eigenvalue weighted by atomic mass is 19.3. The number of nitrogens with one attached hydrogen (secondary N) is 4. The number of H-pyrrole nitrogens is 2.